The predicted molar refractivity (Wildman–Crippen MR) is 63.9 cm³/mol. The molecule has 82 valence electrons. The van der Waals surface area contributed by atoms with E-state index in [2.05, 4.69) is 15.2 Å². The molecule has 0 aliphatic carbocycles. The van der Waals surface area contributed by atoms with Crippen LogP contribution < -0.4 is 5.73 Å². The molecular weight excluding hydrogens is 200 g/mol. The Bertz CT molecular complexity index is 535. The Labute approximate surface area is 94.6 Å². The van der Waals surface area contributed by atoms with E-state index in [0.717, 1.165) is 28.2 Å². The van der Waals surface area contributed by atoms with E-state index in [9.17, 15) is 0 Å². The molecule has 1 aromatic carbocycles. The lowest BCUT2D eigenvalue weighted by Crippen LogP contribution is -2.01. The van der Waals surface area contributed by atoms with Crippen LogP contribution in [0, 0.1) is 20.8 Å². The van der Waals surface area contributed by atoms with Gasteiger partial charge in [-0.2, -0.15) is 5.10 Å². The van der Waals surface area contributed by atoms with Gasteiger partial charge in [0.05, 0.1) is 11.4 Å². The van der Waals surface area contributed by atoms with E-state index in [4.69, 9.17) is 5.73 Å². The maximum Gasteiger partial charge on any atom is 0.182 e. The lowest BCUT2D eigenvalue weighted by Gasteiger charge is -2.07. The highest BCUT2D eigenvalue weighted by Gasteiger charge is 2.08. The molecule has 0 saturated heterocycles. The number of aryl methyl sites for hydroxylation is 2. The second-order valence-corrected chi connectivity index (χ2v) is 3.83. The Morgan fingerprint density at radius 1 is 1.00 bits per heavy atom. The van der Waals surface area contributed by atoms with E-state index >= 15 is 0 Å². The first kappa shape index (κ1) is 10.5. The highest BCUT2D eigenvalue weighted by atomic mass is 15.2. The van der Waals surface area contributed by atoms with E-state index in [0.29, 0.717) is 5.82 Å². The molecule has 1 aromatic heterocycles. The van der Waals surface area contributed by atoms with E-state index in [1.54, 1.807) is 0 Å². The van der Waals surface area contributed by atoms with Crippen LogP contribution in [0.25, 0.3) is 11.4 Å². The zero-order valence-corrected chi connectivity index (χ0v) is 9.65. The first-order valence-corrected chi connectivity index (χ1v) is 5.13. The standard InChI is InChI=1S/C12H14N4/c1-7-10(5-4-6-11(7)13)12-14-8(2)9(3)15-16-12/h4-6H,13H2,1-3H3. The number of hydrogen-bond acceptors (Lipinski definition) is 4. The van der Waals surface area contributed by atoms with Gasteiger partial charge in [0.2, 0.25) is 0 Å². The zero-order valence-electron chi connectivity index (χ0n) is 9.65. The minimum Gasteiger partial charge on any atom is -0.398 e. The number of hydrogen-bond donors (Lipinski definition) is 1. The summed E-state index contributed by atoms with van der Waals surface area (Å²) in [4.78, 5) is 4.42. The number of nitrogen functional groups attached to an aromatic ring is 1. The number of benzene rings is 1. The van der Waals surface area contributed by atoms with Crippen molar-refractivity contribution >= 4 is 5.69 Å². The molecule has 0 aliphatic rings. The topological polar surface area (TPSA) is 64.7 Å². The van der Waals surface area contributed by atoms with Gasteiger partial charge in [-0.25, -0.2) is 4.98 Å². The van der Waals surface area contributed by atoms with Gasteiger partial charge in [0, 0.05) is 11.3 Å². The van der Waals surface area contributed by atoms with E-state index in [-0.39, 0.29) is 0 Å². The molecule has 0 bridgehead atoms. The second kappa shape index (κ2) is 3.89. The van der Waals surface area contributed by atoms with Crippen molar-refractivity contribution in [2.75, 3.05) is 5.73 Å². The molecule has 2 N–H and O–H groups in total. The lowest BCUT2D eigenvalue weighted by molar-refractivity contribution is 0.904. The third-order valence-corrected chi connectivity index (χ3v) is 2.71. The summed E-state index contributed by atoms with van der Waals surface area (Å²) in [6.45, 7) is 5.78. The monoisotopic (exact) mass is 214 g/mol. The molecule has 0 spiro atoms. The van der Waals surface area contributed by atoms with E-state index < -0.39 is 0 Å². The molecule has 0 amide bonds. The van der Waals surface area contributed by atoms with Gasteiger partial charge in [-0.15, -0.1) is 5.10 Å². The summed E-state index contributed by atoms with van der Waals surface area (Å²) < 4.78 is 0. The van der Waals surface area contributed by atoms with Crippen LogP contribution >= 0.6 is 0 Å². The van der Waals surface area contributed by atoms with Gasteiger partial charge in [-0.05, 0) is 32.4 Å². The Kier molecular flexibility index (Phi) is 2.56. The smallest absolute Gasteiger partial charge is 0.182 e. The summed E-state index contributed by atoms with van der Waals surface area (Å²) in [6.07, 6.45) is 0. The van der Waals surface area contributed by atoms with Gasteiger partial charge >= 0.3 is 0 Å². The highest BCUT2D eigenvalue weighted by Crippen LogP contribution is 2.23. The van der Waals surface area contributed by atoms with E-state index in [1.165, 1.54) is 0 Å². The van der Waals surface area contributed by atoms with Gasteiger partial charge in [0.25, 0.3) is 0 Å². The first-order chi connectivity index (χ1) is 7.59. The first-order valence-electron chi connectivity index (χ1n) is 5.13. The summed E-state index contributed by atoms with van der Waals surface area (Å²) in [5.41, 5.74) is 10.3. The molecule has 0 atom stereocenters. The van der Waals surface area contributed by atoms with Crippen LogP contribution in [-0.4, -0.2) is 15.2 Å². The van der Waals surface area contributed by atoms with Gasteiger partial charge < -0.3 is 5.73 Å². The van der Waals surface area contributed by atoms with Crippen LogP contribution in [0.5, 0.6) is 0 Å². The van der Waals surface area contributed by atoms with Crippen molar-refractivity contribution < 1.29 is 0 Å². The number of rotatable bonds is 1. The van der Waals surface area contributed by atoms with Crippen LogP contribution in [0.2, 0.25) is 0 Å². The van der Waals surface area contributed by atoms with Crippen LogP contribution in [0.1, 0.15) is 17.0 Å². The Morgan fingerprint density at radius 3 is 2.44 bits per heavy atom. The molecule has 2 rings (SSSR count). The van der Waals surface area contributed by atoms with Crippen molar-refractivity contribution in [1.82, 2.24) is 15.2 Å². The number of aromatic nitrogens is 3. The summed E-state index contributed by atoms with van der Waals surface area (Å²) in [6, 6.07) is 5.72. The Morgan fingerprint density at radius 2 is 1.75 bits per heavy atom. The summed E-state index contributed by atoms with van der Waals surface area (Å²) >= 11 is 0. The van der Waals surface area contributed by atoms with Gasteiger partial charge in [0.1, 0.15) is 0 Å². The molecule has 0 fully saturated rings. The third-order valence-electron chi connectivity index (χ3n) is 2.71. The quantitative estimate of drug-likeness (QED) is 0.738. The number of nitrogens with two attached hydrogens (primary N) is 1. The normalized spacial score (nSPS) is 10.4. The van der Waals surface area contributed by atoms with Gasteiger partial charge in [0.15, 0.2) is 5.82 Å². The van der Waals surface area contributed by atoms with Crippen LogP contribution in [0.4, 0.5) is 5.69 Å². The maximum atomic E-state index is 5.85. The minimum absolute atomic E-state index is 0.632. The highest BCUT2D eigenvalue weighted by molar-refractivity contribution is 5.67. The SMILES string of the molecule is Cc1nnc(-c2cccc(N)c2C)nc1C. The third kappa shape index (κ3) is 1.74. The molecular formula is C12H14N4. The fourth-order valence-corrected chi connectivity index (χ4v) is 1.47. The fraction of sp³-hybridized carbons (Fsp3) is 0.250. The summed E-state index contributed by atoms with van der Waals surface area (Å²) in [5.74, 6) is 0.632. The van der Waals surface area contributed by atoms with Crippen molar-refractivity contribution in [2.45, 2.75) is 20.8 Å². The average molecular weight is 214 g/mol. The van der Waals surface area contributed by atoms with Crippen molar-refractivity contribution in [1.29, 1.82) is 0 Å². The molecule has 0 radical (unpaired) electrons. The zero-order chi connectivity index (χ0) is 11.7. The largest absolute Gasteiger partial charge is 0.398 e. The molecule has 4 nitrogen and oxygen atoms in total. The van der Waals surface area contributed by atoms with Crippen molar-refractivity contribution in [3.63, 3.8) is 0 Å². The average Bonchev–Trinajstić information content (AvgIpc) is 2.26. The van der Waals surface area contributed by atoms with E-state index in [1.807, 2.05) is 39.0 Å². The fourth-order valence-electron chi connectivity index (χ4n) is 1.47. The Hall–Kier alpha value is -1.97. The predicted octanol–water partition coefficient (Wildman–Crippen LogP) is 2.05. The molecule has 2 aromatic rings. The molecule has 1 heterocycles. The summed E-state index contributed by atoms with van der Waals surface area (Å²) in [5, 5.41) is 8.17. The van der Waals surface area contributed by atoms with Crippen molar-refractivity contribution in [3.8, 4) is 11.4 Å². The van der Waals surface area contributed by atoms with Gasteiger partial charge in [-0.1, -0.05) is 12.1 Å². The van der Waals surface area contributed by atoms with Crippen LogP contribution in [-0.2, 0) is 0 Å². The number of nitrogens with zero attached hydrogens (tertiary/aromatic N) is 3. The Balaban J connectivity index is 2.59. The molecule has 0 aliphatic heterocycles. The van der Waals surface area contributed by atoms with Crippen LogP contribution in [0.15, 0.2) is 18.2 Å². The van der Waals surface area contributed by atoms with Crippen molar-refractivity contribution in [2.24, 2.45) is 0 Å². The molecule has 0 unspecified atom stereocenters. The summed E-state index contributed by atoms with van der Waals surface area (Å²) in [7, 11) is 0. The number of anilines is 1. The second-order valence-electron chi connectivity index (χ2n) is 3.83. The van der Waals surface area contributed by atoms with Crippen molar-refractivity contribution in [3.05, 3.63) is 35.2 Å². The molecule has 16 heavy (non-hydrogen) atoms. The maximum absolute atomic E-state index is 5.85. The van der Waals surface area contributed by atoms with Crippen LogP contribution in [0.3, 0.4) is 0 Å². The lowest BCUT2D eigenvalue weighted by atomic mass is 10.1. The van der Waals surface area contributed by atoms with Gasteiger partial charge in [-0.3, -0.25) is 0 Å². The molecule has 0 saturated carbocycles. The minimum atomic E-state index is 0.632. The molecule has 4 heteroatoms.